The Morgan fingerprint density at radius 3 is 2.67 bits per heavy atom. The van der Waals surface area contributed by atoms with Crippen LogP contribution in [0.3, 0.4) is 0 Å². The van der Waals surface area contributed by atoms with E-state index < -0.39 is 0 Å². The zero-order valence-corrected chi connectivity index (χ0v) is 15.8. The Kier molecular flexibility index (Phi) is 5.44. The first-order valence-electron chi connectivity index (χ1n) is 9.57. The number of likely N-dealkylation sites (tertiary alicyclic amines) is 1. The van der Waals surface area contributed by atoms with Crippen molar-refractivity contribution in [1.82, 2.24) is 29.2 Å². The molecule has 0 N–H and O–H groups in total. The van der Waals surface area contributed by atoms with Crippen molar-refractivity contribution in [2.75, 3.05) is 19.6 Å². The number of rotatable bonds is 6. The van der Waals surface area contributed by atoms with Gasteiger partial charge in [-0.1, -0.05) is 42.5 Å². The van der Waals surface area contributed by atoms with Gasteiger partial charge in [-0.15, -0.1) is 10.2 Å². The fraction of sp³-hybridized carbons (Fsp3) is 0.381. The van der Waals surface area contributed by atoms with E-state index in [9.17, 15) is 0 Å². The van der Waals surface area contributed by atoms with Gasteiger partial charge >= 0.3 is 0 Å². The standard InChI is InChI=1S/C21H26N6/c1-25-20(16-27-15-11-22-17-27)23-24-21(25)19-9-13-26(14-10-19)12-5-8-18-6-3-2-4-7-18/h2-8,11,15,17,19H,9-10,12-14,16H2,1H3. The van der Waals surface area contributed by atoms with E-state index in [1.807, 2.05) is 17.1 Å². The van der Waals surface area contributed by atoms with E-state index in [0.717, 1.165) is 44.1 Å². The van der Waals surface area contributed by atoms with Crippen LogP contribution in [0.4, 0.5) is 0 Å². The Morgan fingerprint density at radius 1 is 1.11 bits per heavy atom. The quantitative estimate of drug-likeness (QED) is 0.676. The molecule has 0 amide bonds. The Balaban J connectivity index is 1.30. The molecule has 0 radical (unpaired) electrons. The lowest BCUT2D eigenvalue weighted by Crippen LogP contribution is -2.33. The van der Waals surface area contributed by atoms with Crippen molar-refractivity contribution in [3.05, 3.63) is 72.3 Å². The summed E-state index contributed by atoms with van der Waals surface area (Å²) in [6.07, 6.45) is 12.3. The Bertz CT molecular complexity index is 857. The summed E-state index contributed by atoms with van der Waals surface area (Å²) in [6, 6.07) is 10.5. The molecular weight excluding hydrogens is 336 g/mol. The molecule has 140 valence electrons. The Hall–Kier alpha value is -2.73. The lowest BCUT2D eigenvalue weighted by Gasteiger charge is -2.30. The summed E-state index contributed by atoms with van der Waals surface area (Å²) >= 11 is 0. The van der Waals surface area contributed by atoms with Gasteiger partial charge in [-0.05, 0) is 31.5 Å². The van der Waals surface area contributed by atoms with Crippen molar-refractivity contribution in [2.24, 2.45) is 7.05 Å². The van der Waals surface area contributed by atoms with Gasteiger partial charge in [0.05, 0.1) is 12.9 Å². The van der Waals surface area contributed by atoms with Crippen LogP contribution in [-0.4, -0.2) is 48.8 Å². The number of benzene rings is 1. The monoisotopic (exact) mass is 362 g/mol. The van der Waals surface area contributed by atoms with Crippen molar-refractivity contribution in [1.29, 1.82) is 0 Å². The average Bonchev–Trinajstić information content (AvgIpc) is 3.34. The molecular formula is C21H26N6. The second-order valence-corrected chi connectivity index (χ2v) is 7.16. The Morgan fingerprint density at radius 2 is 1.93 bits per heavy atom. The fourth-order valence-electron chi connectivity index (χ4n) is 3.69. The number of nitrogens with zero attached hydrogens (tertiary/aromatic N) is 6. The predicted molar refractivity (Wildman–Crippen MR) is 106 cm³/mol. The van der Waals surface area contributed by atoms with E-state index in [1.165, 1.54) is 5.56 Å². The second kappa shape index (κ2) is 8.31. The molecule has 4 rings (SSSR count). The topological polar surface area (TPSA) is 51.8 Å². The summed E-state index contributed by atoms with van der Waals surface area (Å²) in [5.41, 5.74) is 1.26. The number of imidazole rings is 1. The summed E-state index contributed by atoms with van der Waals surface area (Å²) in [5.74, 6) is 2.59. The van der Waals surface area contributed by atoms with Crippen LogP contribution in [0.1, 0.15) is 36.0 Å². The van der Waals surface area contributed by atoms with E-state index in [1.54, 1.807) is 6.20 Å². The van der Waals surface area contributed by atoms with Crippen LogP contribution in [0, 0.1) is 0 Å². The highest BCUT2D eigenvalue weighted by Gasteiger charge is 2.24. The van der Waals surface area contributed by atoms with E-state index in [4.69, 9.17) is 0 Å². The molecule has 1 fully saturated rings. The van der Waals surface area contributed by atoms with Crippen LogP contribution in [0.25, 0.3) is 6.08 Å². The third-order valence-electron chi connectivity index (χ3n) is 5.31. The number of piperidine rings is 1. The predicted octanol–water partition coefficient (Wildman–Crippen LogP) is 2.95. The average molecular weight is 362 g/mol. The molecule has 0 spiro atoms. The number of aromatic nitrogens is 5. The zero-order chi connectivity index (χ0) is 18.5. The number of hydrogen-bond donors (Lipinski definition) is 0. The molecule has 1 aromatic carbocycles. The summed E-state index contributed by atoms with van der Waals surface area (Å²) in [6.45, 7) is 3.93. The van der Waals surface area contributed by atoms with Gasteiger partial charge in [0, 0.05) is 31.9 Å². The van der Waals surface area contributed by atoms with E-state index >= 15 is 0 Å². The highest BCUT2D eigenvalue weighted by atomic mass is 15.3. The van der Waals surface area contributed by atoms with Gasteiger partial charge in [-0.25, -0.2) is 4.98 Å². The van der Waals surface area contributed by atoms with E-state index in [-0.39, 0.29) is 0 Å². The SMILES string of the molecule is Cn1c(Cn2ccnc2)nnc1C1CCN(CC=Cc2ccccc2)CC1. The zero-order valence-electron chi connectivity index (χ0n) is 15.8. The van der Waals surface area contributed by atoms with Crippen molar-refractivity contribution < 1.29 is 0 Å². The highest BCUT2D eigenvalue weighted by molar-refractivity contribution is 5.48. The number of hydrogen-bond acceptors (Lipinski definition) is 4. The normalized spacial score (nSPS) is 16.3. The minimum absolute atomic E-state index is 0.494. The summed E-state index contributed by atoms with van der Waals surface area (Å²) in [5, 5.41) is 8.90. The fourth-order valence-corrected chi connectivity index (χ4v) is 3.69. The van der Waals surface area contributed by atoms with E-state index in [2.05, 4.69) is 74.2 Å². The molecule has 2 aromatic heterocycles. The largest absolute Gasteiger partial charge is 0.330 e. The van der Waals surface area contributed by atoms with Crippen LogP contribution in [0.2, 0.25) is 0 Å². The maximum Gasteiger partial charge on any atom is 0.152 e. The first kappa shape index (κ1) is 17.7. The maximum absolute atomic E-state index is 4.49. The second-order valence-electron chi connectivity index (χ2n) is 7.16. The molecule has 6 nitrogen and oxygen atoms in total. The molecule has 1 aliphatic heterocycles. The molecule has 3 heterocycles. The first-order valence-corrected chi connectivity index (χ1v) is 9.57. The molecule has 0 aliphatic carbocycles. The van der Waals surface area contributed by atoms with Crippen LogP contribution in [0.5, 0.6) is 0 Å². The minimum Gasteiger partial charge on any atom is -0.330 e. The minimum atomic E-state index is 0.494. The molecule has 1 saturated heterocycles. The molecule has 1 aliphatic rings. The highest BCUT2D eigenvalue weighted by Crippen LogP contribution is 2.26. The first-order chi connectivity index (χ1) is 13.3. The summed E-state index contributed by atoms with van der Waals surface area (Å²) in [4.78, 5) is 6.60. The van der Waals surface area contributed by atoms with Crippen molar-refractivity contribution in [2.45, 2.75) is 25.3 Å². The maximum atomic E-state index is 4.49. The molecule has 27 heavy (non-hydrogen) atoms. The van der Waals surface area contributed by atoms with Gasteiger partial charge in [-0.3, -0.25) is 4.90 Å². The summed E-state index contributed by atoms with van der Waals surface area (Å²) < 4.78 is 4.19. The smallest absolute Gasteiger partial charge is 0.152 e. The molecule has 0 saturated carbocycles. The molecule has 0 atom stereocenters. The van der Waals surface area contributed by atoms with Gasteiger partial charge in [0.2, 0.25) is 0 Å². The van der Waals surface area contributed by atoms with Gasteiger partial charge < -0.3 is 9.13 Å². The Labute approximate surface area is 160 Å². The molecule has 0 unspecified atom stereocenters. The lowest BCUT2D eigenvalue weighted by molar-refractivity contribution is 0.227. The summed E-state index contributed by atoms with van der Waals surface area (Å²) in [7, 11) is 2.08. The molecule has 3 aromatic rings. The third kappa shape index (κ3) is 4.34. The van der Waals surface area contributed by atoms with Gasteiger partial charge in [-0.2, -0.15) is 0 Å². The van der Waals surface area contributed by atoms with Gasteiger partial charge in [0.25, 0.3) is 0 Å². The van der Waals surface area contributed by atoms with Crippen LogP contribution >= 0.6 is 0 Å². The third-order valence-corrected chi connectivity index (χ3v) is 5.31. The van der Waals surface area contributed by atoms with Crippen LogP contribution < -0.4 is 0 Å². The van der Waals surface area contributed by atoms with Crippen molar-refractivity contribution in [3.63, 3.8) is 0 Å². The van der Waals surface area contributed by atoms with Gasteiger partial charge in [0.1, 0.15) is 5.82 Å². The van der Waals surface area contributed by atoms with Crippen molar-refractivity contribution >= 4 is 6.08 Å². The lowest BCUT2D eigenvalue weighted by atomic mass is 9.96. The van der Waals surface area contributed by atoms with E-state index in [0.29, 0.717) is 12.5 Å². The van der Waals surface area contributed by atoms with Crippen LogP contribution in [-0.2, 0) is 13.6 Å². The molecule has 0 bridgehead atoms. The van der Waals surface area contributed by atoms with Gasteiger partial charge in [0.15, 0.2) is 5.82 Å². The van der Waals surface area contributed by atoms with Crippen molar-refractivity contribution in [3.8, 4) is 0 Å². The van der Waals surface area contributed by atoms with Crippen LogP contribution in [0.15, 0.2) is 55.1 Å². The molecule has 6 heteroatoms.